The molecule has 180 valence electrons. The highest BCUT2D eigenvalue weighted by molar-refractivity contribution is 7.99. The summed E-state index contributed by atoms with van der Waals surface area (Å²) in [6.07, 6.45) is 2.18. The lowest BCUT2D eigenvalue weighted by Crippen LogP contribution is -2.38. The molecule has 5 nitrogen and oxygen atoms in total. The summed E-state index contributed by atoms with van der Waals surface area (Å²) in [5.74, 6) is 2.04. The summed E-state index contributed by atoms with van der Waals surface area (Å²) >= 11 is 1.71. The summed E-state index contributed by atoms with van der Waals surface area (Å²) in [6.45, 7) is 7.96. The molecule has 6 heteroatoms. The van der Waals surface area contributed by atoms with Crippen molar-refractivity contribution in [3.63, 3.8) is 0 Å². The molecule has 0 radical (unpaired) electrons. The van der Waals surface area contributed by atoms with E-state index in [9.17, 15) is 4.79 Å². The van der Waals surface area contributed by atoms with Crippen LogP contribution in [0.1, 0.15) is 37.8 Å². The predicted octanol–water partition coefficient (Wildman–Crippen LogP) is 4.75. The quantitative estimate of drug-likeness (QED) is 0.485. The zero-order valence-corrected chi connectivity index (χ0v) is 21.0. The SMILES string of the molecule is CC(C)C(SCc1ccccc1)C(=O)NCc1cccc(OCCN(C)C2CCOCC2)c1. The van der Waals surface area contributed by atoms with E-state index in [4.69, 9.17) is 9.47 Å². The van der Waals surface area contributed by atoms with Crippen molar-refractivity contribution in [1.82, 2.24) is 10.2 Å². The number of likely N-dealkylation sites (N-methyl/N-ethyl adjacent to an activating group) is 1. The lowest BCUT2D eigenvalue weighted by molar-refractivity contribution is -0.121. The number of carbonyl (C=O) groups is 1. The van der Waals surface area contributed by atoms with Gasteiger partial charge >= 0.3 is 0 Å². The largest absolute Gasteiger partial charge is 0.492 e. The predicted molar refractivity (Wildman–Crippen MR) is 137 cm³/mol. The number of carbonyl (C=O) groups excluding carboxylic acids is 1. The Hall–Kier alpha value is -2.02. The highest BCUT2D eigenvalue weighted by Crippen LogP contribution is 2.24. The zero-order valence-electron chi connectivity index (χ0n) is 20.2. The first kappa shape index (κ1) is 25.6. The van der Waals surface area contributed by atoms with E-state index in [0.717, 1.165) is 49.7 Å². The Labute approximate surface area is 203 Å². The topological polar surface area (TPSA) is 50.8 Å². The van der Waals surface area contributed by atoms with Gasteiger partial charge in [-0.1, -0.05) is 56.3 Å². The minimum Gasteiger partial charge on any atom is -0.492 e. The molecule has 2 aromatic carbocycles. The van der Waals surface area contributed by atoms with Gasteiger partial charge in [0.2, 0.25) is 5.91 Å². The van der Waals surface area contributed by atoms with Gasteiger partial charge in [-0.25, -0.2) is 0 Å². The summed E-state index contributed by atoms with van der Waals surface area (Å²) in [4.78, 5) is 15.3. The van der Waals surface area contributed by atoms with Crippen molar-refractivity contribution in [2.45, 2.75) is 50.3 Å². The average molecular weight is 471 g/mol. The lowest BCUT2D eigenvalue weighted by atomic mass is 10.1. The fourth-order valence-corrected chi connectivity index (χ4v) is 5.17. The Morgan fingerprint density at radius 2 is 1.85 bits per heavy atom. The second kappa shape index (κ2) is 13.6. The van der Waals surface area contributed by atoms with E-state index in [1.165, 1.54) is 5.56 Å². The number of thioether (sulfide) groups is 1. The van der Waals surface area contributed by atoms with E-state index in [-0.39, 0.29) is 17.1 Å². The van der Waals surface area contributed by atoms with Crippen LogP contribution in [0.15, 0.2) is 54.6 Å². The van der Waals surface area contributed by atoms with Crippen molar-refractivity contribution in [2.75, 3.05) is 33.4 Å². The molecule has 0 aromatic heterocycles. The van der Waals surface area contributed by atoms with Gasteiger partial charge < -0.3 is 14.8 Å². The van der Waals surface area contributed by atoms with Gasteiger partial charge in [-0.05, 0) is 49.1 Å². The van der Waals surface area contributed by atoms with E-state index in [2.05, 4.69) is 43.2 Å². The molecule has 1 saturated heterocycles. The molecule has 1 aliphatic heterocycles. The number of rotatable bonds is 12. The van der Waals surface area contributed by atoms with E-state index in [1.807, 2.05) is 42.5 Å². The van der Waals surface area contributed by atoms with Crippen LogP contribution in [0.2, 0.25) is 0 Å². The maximum Gasteiger partial charge on any atom is 0.233 e. The fraction of sp³-hybridized carbons (Fsp3) is 0.519. The molecule has 0 spiro atoms. The van der Waals surface area contributed by atoms with Gasteiger partial charge in [-0.3, -0.25) is 9.69 Å². The normalized spacial score (nSPS) is 15.5. The molecule has 3 rings (SSSR count). The maximum atomic E-state index is 12.9. The van der Waals surface area contributed by atoms with Crippen LogP contribution in [0.4, 0.5) is 0 Å². The number of hydrogen-bond acceptors (Lipinski definition) is 5. The van der Waals surface area contributed by atoms with Crippen molar-refractivity contribution in [3.8, 4) is 5.75 Å². The molecular formula is C27H38N2O3S. The van der Waals surface area contributed by atoms with Gasteiger partial charge in [0.05, 0.1) is 5.25 Å². The first-order valence-electron chi connectivity index (χ1n) is 12.0. The standard InChI is InChI=1S/C27H38N2O3S/c1-21(2)26(33-20-22-8-5-4-6-9-22)27(30)28-19-23-10-7-11-25(18-23)32-17-14-29(3)24-12-15-31-16-13-24/h4-11,18,21,24,26H,12-17,19-20H2,1-3H3,(H,28,30). The summed E-state index contributed by atoms with van der Waals surface area (Å²) in [5, 5.41) is 3.05. The number of benzene rings is 2. The summed E-state index contributed by atoms with van der Waals surface area (Å²) in [5.41, 5.74) is 2.29. The van der Waals surface area contributed by atoms with Crippen LogP contribution in [-0.4, -0.2) is 55.5 Å². The molecular weight excluding hydrogens is 432 g/mol. The highest BCUT2D eigenvalue weighted by Gasteiger charge is 2.22. The maximum absolute atomic E-state index is 12.9. The second-order valence-corrected chi connectivity index (χ2v) is 10.1. The molecule has 1 N–H and O–H groups in total. The number of ether oxygens (including phenoxy) is 2. The molecule has 0 saturated carbocycles. The van der Waals surface area contributed by atoms with Crippen molar-refractivity contribution in [1.29, 1.82) is 0 Å². The van der Waals surface area contributed by atoms with Gasteiger partial charge in [-0.2, -0.15) is 0 Å². The first-order chi connectivity index (χ1) is 16.0. The third-order valence-corrected chi connectivity index (χ3v) is 7.65. The third-order valence-electron chi connectivity index (χ3n) is 6.03. The van der Waals surface area contributed by atoms with Crippen molar-refractivity contribution >= 4 is 17.7 Å². The minimum atomic E-state index is -0.0784. The third kappa shape index (κ3) is 8.69. The molecule has 1 heterocycles. The lowest BCUT2D eigenvalue weighted by Gasteiger charge is -2.31. The zero-order chi connectivity index (χ0) is 23.5. The average Bonchev–Trinajstić information content (AvgIpc) is 2.84. The Balaban J connectivity index is 1.44. The minimum absolute atomic E-state index is 0.0784. The molecule has 1 amide bonds. The Morgan fingerprint density at radius 1 is 1.12 bits per heavy atom. The molecule has 0 bridgehead atoms. The molecule has 1 unspecified atom stereocenters. The summed E-state index contributed by atoms with van der Waals surface area (Å²) in [6, 6.07) is 18.9. The number of nitrogens with one attached hydrogen (secondary N) is 1. The van der Waals surface area contributed by atoms with Gasteiger partial charge in [0.15, 0.2) is 0 Å². The Kier molecular flexibility index (Phi) is 10.6. The Bertz CT molecular complexity index is 840. The van der Waals surface area contributed by atoms with Crippen LogP contribution in [0.3, 0.4) is 0 Å². The van der Waals surface area contributed by atoms with Crippen LogP contribution >= 0.6 is 11.8 Å². The molecule has 1 aliphatic rings. The van der Waals surface area contributed by atoms with Crippen LogP contribution < -0.4 is 10.1 Å². The molecule has 0 aliphatic carbocycles. The van der Waals surface area contributed by atoms with Crippen molar-refractivity contribution < 1.29 is 14.3 Å². The van der Waals surface area contributed by atoms with E-state index in [1.54, 1.807) is 11.8 Å². The van der Waals surface area contributed by atoms with Crippen LogP contribution in [0.5, 0.6) is 5.75 Å². The van der Waals surface area contributed by atoms with Gasteiger partial charge in [0.1, 0.15) is 12.4 Å². The van der Waals surface area contributed by atoms with Crippen LogP contribution in [0, 0.1) is 5.92 Å². The van der Waals surface area contributed by atoms with Gasteiger partial charge in [0, 0.05) is 38.1 Å². The number of nitrogens with zero attached hydrogens (tertiary/aromatic N) is 1. The van der Waals surface area contributed by atoms with E-state index in [0.29, 0.717) is 19.2 Å². The van der Waals surface area contributed by atoms with Gasteiger partial charge in [0.25, 0.3) is 0 Å². The van der Waals surface area contributed by atoms with E-state index < -0.39 is 0 Å². The monoisotopic (exact) mass is 470 g/mol. The molecule has 1 atom stereocenters. The molecule has 2 aromatic rings. The number of amides is 1. The first-order valence-corrected chi connectivity index (χ1v) is 13.0. The molecule has 1 fully saturated rings. The van der Waals surface area contributed by atoms with Crippen molar-refractivity contribution in [3.05, 3.63) is 65.7 Å². The second-order valence-electron chi connectivity index (χ2n) is 9.00. The molecule has 33 heavy (non-hydrogen) atoms. The highest BCUT2D eigenvalue weighted by atomic mass is 32.2. The summed E-state index contributed by atoms with van der Waals surface area (Å²) in [7, 11) is 2.16. The van der Waals surface area contributed by atoms with E-state index >= 15 is 0 Å². The van der Waals surface area contributed by atoms with Crippen LogP contribution in [-0.2, 0) is 21.8 Å². The van der Waals surface area contributed by atoms with Crippen molar-refractivity contribution in [2.24, 2.45) is 5.92 Å². The smallest absolute Gasteiger partial charge is 0.233 e. The fourth-order valence-electron chi connectivity index (χ4n) is 3.98. The number of hydrogen-bond donors (Lipinski definition) is 1. The summed E-state index contributed by atoms with van der Waals surface area (Å²) < 4.78 is 11.4. The van der Waals surface area contributed by atoms with Crippen LogP contribution in [0.25, 0.3) is 0 Å². The van der Waals surface area contributed by atoms with Gasteiger partial charge in [-0.15, -0.1) is 11.8 Å². The Morgan fingerprint density at radius 3 is 2.58 bits per heavy atom.